The highest BCUT2D eigenvalue weighted by atomic mass is 16.3. The molecule has 3 aromatic rings. The molecule has 0 radical (unpaired) electrons. The SMILES string of the molecule is NCCCNCCCC(C(=O)/C=C/c1ccc(O)cc1)N(C(=O)/C=C\c1ccc(O)cc1)C(=O)/C=C/c1ccc(O)cc1. The lowest BCUT2D eigenvalue weighted by molar-refractivity contribution is -0.145. The average molecular weight is 584 g/mol. The molecule has 2 amide bonds. The van der Waals surface area contributed by atoms with Crippen molar-refractivity contribution in [3.05, 3.63) is 108 Å². The summed E-state index contributed by atoms with van der Waals surface area (Å²) in [4.78, 5) is 41.7. The highest BCUT2D eigenvalue weighted by Gasteiger charge is 2.31. The number of carbonyl (C=O) groups is 3. The van der Waals surface area contributed by atoms with Crippen molar-refractivity contribution in [2.45, 2.75) is 25.3 Å². The van der Waals surface area contributed by atoms with E-state index in [9.17, 15) is 29.7 Å². The molecule has 9 heteroatoms. The largest absolute Gasteiger partial charge is 0.508 e. The number of nitrogens with two attached hydrogens (primary N) is 1. The molecule has 0 bridgehead atoms. The smallest absolute Gasteiger partial charge is 0.254 e. The van der Waals surface area contributed by atoms with Gasteiger partial charge in [0.15, 0.2) is 5.78 Å². The van der Waals surface area contributed by atoms with Crippen LogP contribution in [0.4, 0.5) is 0 Å². The van der Waals surface area contributed by atoms with E-state index < -0.39 is 23.6 Å². The lowest BCUT2D eigenvalue weighted by Crippen LogP contribution is -2.47. The maximum absolute atomic E-state index is 13.6. The van der Waals surface area contributed by atoms with E-state index in [-0.39, 0.29) is 23.7 Å². The summed E-state index contributed by atoms with van der Waals surface area (Å²) >= 11 is 0. The summed E-state index contributed by atoms with van der Waals surface area (Å²) in [5.74, 6) is -1.56. The van der Waals surface area contributed by atoms with E-state index in [4.69, 9.17) is 5.73 Å². The Balaban J connectivity index is 1.93. The highest BCUT2D eigenvalue weighted by molar-refractivity contribution is 6.12. The molecule has 0 aliphatic rings. The fourth-order valence-electron chi connectivity index (χ4n) is 4.13. The van der Waals surface area contributed by atoms with Gasteiger partial charge < -0.3 is 26.4 Å². The summed E-state index contributed by atoms with van der Waals surface area (Å²) in [7, 11) is 0. The van der Waals surface area contributed by atoms with Gasteiger partial charge in [-0.25, -0.2) is 0 Å². The molecule has 0 saturated heterocycles. The van der Waals surface area contributed by atoms with Crippen LogP contribution in [0.5, 0.6) is 17.2 Å². The van der Waals surface area contributed by atoms with Crippen molar-refractivity contribution < 1.29 is 29.7 Å². The van der Waals surface area contributed by atoms with Crippen molar-refractivity contribution in [1.82, 2.24) is 10.2 Å². The van der Waals surface area contributed by atoms with Gasteiger partial charge >= 0.3 is 0 Å². The molecule has 0 fully saturated rings. The van der Waals surface area contributed by atoms with Gasteiger partial charge in [0.1, 0.15) is 23.3 Å². The molecular formula is C34H37N3O6. The minimum Gasteiger partial charge on any atom is -0.508 e. The summed E-state index contributed by atoms with van der Waals surface area (Å²) < 4.78 is 0. The van der Waals surface area contributed by atoms with Gasteiger partial charge in [-0.2, -0.15) is 0 Å². The Hall–Kier alpha value is -4.99. The first-order valence-electron chi connectivity index (χ1n) is 14.0. The fourth-order valence-corrected chi connectivity index (χ4v) is 4.13. The van der Waals surface area contributed by atoms with Crippen LogP contribution in [0.25, 0.3) is 18.2 Å². The van der Waals surface area contributed by atoms with Gasteiger partial charge in [-0.1, -0.05) is 42.5 Å². The molecule has 43 heavy (non-hydrogen) atoms. The molecular weight excluding hydrogens is 546 g/mol. The highest BCUT2D eigenvalue weighted by Crippen LogP contribution is 2.17. The zero-order valence-corrected chi connectivity index (χ0v) is 23.8. The van der Waals surface area contributed by atoms with Gasteiger partial charge in [0, 0.05) is 12.2 Å². The number of hydrogen-bond donors (Lipinski definition) is 5. The fraction of sp³-hybridized carbons (Fsp3) is 0.206. The molecule has 224 valence electrons. The van der Waals surface area contributed by atoms with Gasteiger partial charge in [-0.15, -0.1) is 0 Å². The van der Waals surface area contributed by atoms with E-state index in [0.717, 1.165) is 11.3 Å². The number of nitrogens with zero attached hydrogens (tertiary/aromatic N) is 1. The molecule has 3 rings (SSSR count). The minimum atomic E-state index is -1.10. The topological polar surface area (TPSA) is 153 Å². The molecule has 0 spiro atoms. The maximum Gasteiger partial charge on any atom is 0.254 e. The molecule has 0 saturated carbocycles. The Labute approximate surface area is 251 Å². The molecule has 1 unspecified atom stereocenters. The second-order valence-corrected chi connectivity index (χ2v) is 9.77. The van der Waals surface area contributed by atoms with Crippen molar-refractivity contribution in [2.24, 2.45) is 5.73 Å². The number of rotatable bonds is 15. The summed E-state index contributed by atoms with van der Waals surface area (Å²) in [5.41, 5.74) is 7.47. The number of amides is 2. The third kappa shape index (κ3) is 11.1. The van der Waals surface area contributed by atoms with Crippen LogP contribution in [0.2, 0.25) is 0 Å². The van der Waals surface area contributed by atoms with Gasteiger partial charge in [0.2, 0.25) is 0 Å². The number of aromatic hydroxyl groups is 3. The molecule has 0 heterocycles. The van der Waals surface area contributed by atoms with Crippen LogP contribution in [0.3, 0.4) is 0 Å². The third-order valence-corrected chi connectivity index (χ3v) is 6.46. The summed E-state index contributed by atoms with van der Waals surface area (Å²) in [5, 5.41) is 31.9. The monoisotopic (exact) mass is 583 g/mol. The van der Waals surface area contributed by atoms with Crippen molar-refractivity contribution in [2.75, 3.05) is 19.6 Å². The summed E-state index contributed by atoms with van der Waals surface area (Å²) in [6.07, 6.45) is 9.89. The Morgan fingerprint density at radius 3 is 1.47 bits per heavy atom. The van der Waals surface area contributed by atoms with Crippen molar-refractivity contribution in [1.29, 1.82) is 0 Å². The van der Waals surface area contributed by atoms with Crippen LogP contribution < -0.4 is 11.1 Å². The Bertz CT molecular complexity index is 1360. The molecule has 6 N–H and O–H groups in total. The van der Waals surface area contributed by atoms with Crippen LogP contribution in [0.15, 0.2) is 91.0 Å². The standard InChI is InChI=1S/C34H37N3O6/c35-22-2-24-36-23-1-3-31(32(41)19-10-25-4-13-28(38)14-5-25)37(33(42)20-11-26-6-15-29(39)16-7-26)34(43)21-12-27-8-17-30(40)18-9-27/h4-21,31,36,38-40H,1-3,22-24,35H2/b19-10+,20-11-,21-12+. The third-order valence-electron chi connectivity index (χ3n) is 6.46. The number of imide groups is 1. The van der Waals surface area contributed by atoms with E-state index in [1.54, 1.807) is 42.5 Å². The van der Waals surface area contributed by atoms with Crippen LogP contribution in [0.1, 0.15) is 36.0 Å². The van der Waals surface area contributed by atoms with Gasteiger partial charge in [0.05, 0.1) is 0 Å². The quantitative estimate of drug-likeness (QED) is 0.131. The number of benzene rings is 3. The zero-order valence-electron chi connectivity index (χ0n) is 23.8. The Morgan fingerprint density at radius 1 is 0.651 bits per heavy atom. The molecule has 0 aromatic heterocycles. The molecule has 1 atom stereocenters. The molecule has 0 aliphatic heterocycles. The Morgan fingerprint density at radius 2 is 1.05 bits per heavy atom. The Kier molecular flexibility index (Phi) is 12.9. The average Bonchev–Trinajstić information content (AvgIpc) is 3.01. The van der Waals surface area contributed by atoms with E-state index in [1.165, 1.54) is 66.8 Å². The summed E-state index contributed by atoms with van der Waals surface area (Å²) in [6.45, 7) is 1.82. The minimum absolute atomic E-state index is 0.0748. The van der Waals surface area contributed by atoms with Crippen LogP contribution in [-0.2, 0) is 14.4 Å². The van der Waals surface area contributed by atoms with Crippen molar-refractivity contribution in [3.63, 3.8) is 0 Å². The zero-order chi connectivity index (χ0) is 31.0. The van der Waals surface area contributed by atoms with Crippen LogP contribution in [-0.4, -0.2) is 63.5 Å². The second kappa shape index (κ2) is 17.1. The first kappa shape index (κ1) is 32.5. The maximum atomic E-state index is 13.6. The second-order valence-electron chi connectivity index (χ2n) is 9.77. The van der Waals surface area contributed by atoms with Crippen LogP contribution >= 0.6 is 0 Å². The van der Waals surface area contributed by atoms with Crippen LogP contribution in [0, 0.1) is 0 Å². The number of phenolic OH excluding ortho intramolecular Hbond substituents is 3. The molecule has 0 aliphatic carbocycles. The summed E-state index contributed by atoms with van der Waals surface area (Å²) in [6, 6.07) is 17.6. The van der Waals surface area contributed by atoms with Gasteiger partial charge in [-0.3, -0.25) is 19.3 Å². The molecule has 3 aromatic carbocycles. The van der Waals surface area contributed by atoms with E-state index in [0.29, 0.717) is 42.7 Å². The normalized spacial score (nSPS) is 12.2. The van der Waals surface area contributed by atoms with Crippen molar-refractivity contribution in [3.8, 4) is 17.2 Å². The van der Waals surface area contributed by atoms with Gasteiger partial charge in [-0.05, 0) is 110 Å². The van der Waals surface area contributed by atoms with E-state index in [2.05, 4.69) is 5.32 Å². The first-order valence-corrected chi connectivity index (χ1v) is 14.0. The number of ketones is 1. The van der Waals surface area contributed by atoms with Gasteiger partial charge in [0.25, 0.3) is 11.8 Å². The molecule has 9 nitrogen and oxygen atoms in total. The lowest BCUT2D eigenvalue weighted by atomic mass is 10.0. The number of phenols is 3. The number of nitrogens with one attached hydrogen (secondary N) is 1. The predicted molar refractivity (Wildman–Crippen MR) is 168 cm³/mol. The van der Waals surface area contributed by atoms with E-state index in [1.807, 2.05) is 0 Å². The van der Waals surface area contributed by atoms with Crippen molar-refractivity contribution >= 4 is 35.8 Å². The number of carbonyl (C=O) groups excluding carboxylic acids is 3. The first-order chi connectivity index (χ1) is 20.8. The lowest BCUT2D eigenvalue weighted by Gasteiger charge is -2.27. The number of hydrogen-bond acceptors (Lipinski definition) is 8. The predicted octanol–water partition coefficient (Wildman–Crippen LogP) is 4.25. The van der Waals surface area contributed by atoms with E-state index >= 15 is 0 Å².